The summed E-state index contributed by atoms with van der Waals surface area (Å²) < 4.78 is 55.6. The molecule has 1 aliphatic rings. The van der Waals surface area contributed by atoms with Crippen LogP contribution >= 0.6 is 16.1 Å². The summed E-state index contributed by atoms with van der Waals surface area (Å²) in [7, 11) is 0.516. The maximum absolute atomic E-state index is 13.7. The fraction of sp³-hybridized carbons (Fsp3) is 0.870. The van der Waals surface area contributed by atoms with Crippen LogP contribution in [0.1, 0.15) is 68.2 Å². The van der Waals surface area contributed by atoms with E-state index in [1.807, 2.05) is 38.4 Å². The number of rotatable bonds is 17. The lowest BCUT2D eigenvalue weighted by molar-refractivity contribution is -0.170. The fourth-order valence-electron chi connectivity index (χ4n) is 3.97. The van der Waals surface area contributed by atoms with Gasteiger partial charge in [-0.05, 0) is 41.5 Å². The van der Waals surface area contributed by atoms with Crippen LogP contribution in [-0.2, 0) is 46.5 Å². The van der Waals surface area contributed by atoms with E-state index in [4.69, 9.17) is 45.4 Å². The quantitative estimate of drug-likeness (QED) is 0.106. The molecular weight excluding hydrogens is 537 g/mol. The summed E-state index contributed by atoms with van der Waals surface area (Å²) in [6.07, 6.45) is -2.77. The molecule has 1 aliphatic heterocycles. The second-order valence-corrected chi connectivity index (χ2v) is 12.5. The molecule has 12 nitrogen and oxygen atoms in total. The Morgan fingerprint density at radius 1 is 1.11 bits per heavy atom. The van der Waals surface area contributed by atoms with E-state index in [1.165, 1.54) is 6.92 Å². The van der Waals surface area contributed by atoms with Crippen molar-refractivity contribution in [3.05, 3.63) is 0 Å². The van der Waals surface area contributed by atoms with Gasteiger partial charge < -0.3 is 32.3 Å². The zero-order valence-corrected chi connectivity index (χ0v) is 25.3. The first-order valence-electron chi connectivity index (χ1n) is 12.7. The molecule has 0 aromatic rings. The highest BCUT2D eigenvalue weighted by atomic mass is 31.2. The summed E-state index contributed by atoms with van der Waals surface area (Å²) in [4.78, 5) is 24.1. The van der Waals surface area contributed by atoms with Gasteiger partial charge in [0.15, 0.2) is 6.10 Å². The van der Waals surface area contributed by atoms with Crippen LogP contribution in [0.4, 0.5) is 0 Å². The molecule has 0 spiro atoms. The van der Waals surface area contributed by atoms with Gasteiger partial charge in [0.25, 0.3) is 8.53 Å². The lowest BCUT2D eigenvalue weighted by Crippen LogP contribution is -2.44. The summed E-state index contributed by atoms with van der Waals surface area (Å²) in [6.45, 7) is 13.6. The maximum Gasteiger partial charge on any atom is 0.374 e. The van der Waals surface area contributed by atoms with Crippen molar-refractivity contribution >= 4 is 35.9 Å². The van der Waals surface area contributed by atoms with Gasteiger partial charge >= 0.3 is 19.5 Å². The van der Waals surface area contributed by atoms with Crippen LogP contribution in [-0.4, -0.2) is 86.5 Å². The first-order chi connectivity index (χ1) is 17.8. The summed E-state index contributed by atoms with van der Waals surface area (Å²) in [5.41, 5.74) is 0. The third-order valence-corrected chi connectivity index (χ3v) is 9.63. The van der Waals surface area contributed by atoms with Gasteiger partial charge in [-0.25, -0.2) is 4.67 Å². The monoisotopic (exact) mass is 578 g/mol. The molecule has 0 saturated carbocycles. The molecule has 0 aromatic heterocycles. The normalized spacial score (nSPS) is 22.3. The largest absolute Gasteiger partial charge is 0.455 e. The minimum Gasteiger partial charge on any atom is -0.455 e. The third kappa shape index (κ3) is 10.5. The Balaban J connectivity index is 3.33. The van der Waals surface area contributed by atoms with E-state index < -0.39 is 58.2 Å². The van der Waals surface area contributed by atoms with E-state index in [2.05, 4.69) is 0 Å². The average molecular weight is 578 g/mol. The lowest BCUT2D eigenvalue weighted by atomic mass is 9.94. The van der Waals surface area contributed by atoms with Gasteiger partial charge in [0.2, 0.25) is 5.85 Å². The van der Waals surface area contributed by atoms with Crippen molar-refractivity contribution in [2.75, 3.05) is 19.8 Å². The Hall–Kier alpha value is -1.09. The highest BCUT2D eigenvalue weighted by molar-refractivity contribution is 7.54. The molecule has 1 rings (SSSR count). The summed E-state index contributed by atoms with van der Waals surface area (Å²) >= 11 is 0. The smallest absolute Gasteiger partial charge is 0.374 e. The zero-order valence-electron chi connectivity index (χ0n) is 23.5. The maximum atomic E-state index is 13.7. The zero-order chi connectivity index (χ0) is 29.0. The minimum absolute atomic E-state index is 0.0107. The predicted molar refractivity (Wildman–Crippen MR) is 141 cm³/mol. The molecule has 0 aromatic carbocycles. The number of nitrogens with zero attached hydrogens (tertiary/aromatic N) is 2. The van der Waals surface area contributed by atoms with Crippen LogP contribution < -0.4 is 0 Å². The molecule has 2 radical (unpaired) electrons. The van der Waals surface area contributed by atoms with Crippen LogP contribution in [0.2, 0.25) is 0 Å². The van der Waals surface area contributed by atoms with Gasteiger partial charge in [-0.3, -0.25) is 14.2 Å². The van der Waals surface area contributed by atoms with Crippen molar-refractivity contribution in [3.63, 3.8) is 0 Å². The van der Waals surface area contributed by atoms with Gasteiger partial charge in [-0.2, -0.15) is 5.26 Å². The highest BCUT2D eigenvalue weighted by Gasteiger charge is 2.53. The second-order valence-electron chi connectivity index (χ2n) is 9.01. The van der Waals surface area contributed by atoms with E-state index in [-0.39, 0.29) is 44.7 Å². The van der Waals surface area contributed by atoms with Crippen LogP contribution in [0, 0.1) is 11.3 Å². The van der Waals surface area contributed by atoms with Crippen LogP contribution in [0.25, 0.3) is 0 Å². The number of carbonyl (C=O) groups is 2. The predicted octanol–water partition coefficient (Wildman–Crippen LogP) is 4.02. The van der Waals surface area contributed by atoms with E-state index in [9.17, 15) is 14.2 Å². The number of hydrogen-bond donors (Lipinski definition) is 0. The fourth-order valence-corrected chi connectivity index (χ4v) is 7.69. The van der Waals surface area contributed by atoms with Crippen molar-refractivity contribution in [1.29, 1.82) is 5.26 Å². The highest BCUT2D eigenvalue weighted by Crippen LogP contribution is 2.57. The third-order valence-electron chi connectivity index (χ3n) is 5.22. The van der Waals surface area contributed by atoms with Crippen molar-refractivity contribution in [2.45, 2.75) is 110 Å². The molecule has 1 saturated heterocycles. The van der Waals surface area contributed by atoms with E-state index >= 15 is 0 Å². The summed E-state index contributed by atoms with van der Waals surface area (Å²) in [6, 6.07) is 1.19. The molecule has 6 atom stereocenters. The SMILES string of the molecule is [B][C@@H]1O[C@H](C(OC(C)=O)C(OC(C)=O)P(=O)(OCC)OCC)CC1OP(OCCC#N)N(C(C)C)C(C)C. The number of ether oxygens (including phenoxy) is 3. The molecule has 0 bridgehead atoms. The number of esters is 2. The molecule has 1 heterocycles. The molecule has 4 unspecified atom stereocenters. The minimum atomic E-state index is -4.12. The Morgan fingerprint density at radius 3 is 2.11 bits per heavy atom. The van der Waals surface area contributed by atoms with Gasteiger partial charge in [0.1, 0.15) is 14.0 Å². The molecule has 216 valence electrons. The second kappa shape index (κ2) is 16.9. The van der Waals surface area contributed by atoms with Crippen LogP contribution in [0.15, 0.2) is 0 Å². The number of carbonyl (C=O) groups excluding carboxylic acids is 2. The van der Waals surface area contributed by atoms with Crippen molar-refractivity contribution in [3.8, 4) is 6.07 Å². The molecule has 1 fully saturated rings. The van der Waals surface area contributed by atoms with E-state index in [0.717, 1.165) is 6.92 Å². The molecule has 0 N–H and O–H groups in total. The van der Waals surface area contributed by atoms with Gasteiger partial charge in [0, 0.05) is 38.4 Å². The summed E-state index contributed by atoms with van der Waals surface area (Å²) in [5, 5.41) is 8.95. The van der Waals surface area contributed by atoms with E-state index in [0.29, 0.717) is 0 Å². The van der Waals surface area contributed by atoms with Gasteiger partial charge in [0.05, 0.1) is 38.4 Å². The average Bonchev–Trinajstić information content (AvgIpc) is 3.15. The topological polar surface area (TPSA) is 143 Å². The summed E-state index contributed by atoms with van der Waals surface area (Å²) in [5.74, 6) is -3.10. The van der Waals surface area contributed by atoms with Crippen LogP contribution in [0.3, 0.4) is 0 Å². The van der Waals surface area contributed by atoms with Crippen molar-refractivity contribution in [1.82, 2.24) is 4.67 Å². The molecular formula is C23H41BN2O10P2. The van der Waals surface area contributed by atoms with Gasteiger partial charge in [-0.15, -0.1) is 0 Å². The Bertz CT molecular complexity index is 826. The lowest BCUT2D eigenvalue weighted by Gasteiger charge is -2.37. The number of hydrogen-bond acceptors (Lipinski definition) is 12. The molecule has 38 heavy (non-hydrogen) atoms. The van der Waals surface area contributed by atoms with E-state index in [1.54, 1.807) is 13.8 Å². The Kier molecular flexibility index (Phi) is 15.5. The molecule has 15 heteroatoms. The Labute approximate surface area is 228 Å². The molecule has 0 aliphatic carbocycles. The Morgan fingerprint density at radius 2 is 1.66 bits per heavy atom. The number of nitriles is 1. The van der Waals surface area contributed by atoms with Crippen LogP contribution in [0.5, 0.6) is 0 Å². The van der Waals surface area contributed by atoms with Crippen molar-refractivity contribution in [2.24, 2.45) is 0 Å². The standard InChI is InChI=1S/C23H41BN2O10P2/c1-9-31-38(29,32-10-2)23(34-18(8)28)21(33-17(7)27)19-14-20(22(24)35-19)36-37(30-13-11-12-25)26(15(3)4)16(5)6/h15-16,19-23H,9-11,13-14H2,1-8H3/t19-,20?,21?,22+,23?,37?/m0/s1. The first-order valence-corrected chi connectivity index (χ1v) is 15.4. The van der Waals surface area contributed by atoms with Crippen molar-refractivity contribution < 1.29 is 46.5 Å². The van der Waals surface area contributed by atoms with Gasteiger partial charge in [-0.1, -0.05) is 0 Å². The molecule has 0 amide bonds. The first kappa shape index (κ1) is 34.9.